The molecular weight excluding hydrogens is 344 g/mol. The van der Waals surface area contributed by atoms with Crippen molar-refractivity contribution in [2.75, 3.05) is 13.2 Å². The summed E-state index contributed by atoms with van der Waals surface area (Å²) in [7, 11) is -0.361. The molecule has 0 atom stereocenters. The highest BCUT2D eigenvalue weighted by molar-refractivity contribution is 6.61. The molecule has 0 aliphatic carbocycles. The van der Waals surface area contributed by atoms with E-state index < -0.39 is 6.36 Å². The van der Waals surface area contributed by atoms with Crippen molar-refractivity contribution in [3.63, 3.8) is 0 Å². The van der Waals surface area contributed by atoms with Crippen LogP contribution >= 0.6 is 0 Å². The Kier molecular flexibility index (Phi) is 5.89. The van der Waals surface area contributed by atoms with Crippen molar-refractivity contribution in [3.05, 3.63) is 48.5 Å². The first-order valence-electron chi connectivity index (χ1n) is 8.64. The molecule has 7 heteroatoms. The summed E-state index contributed by atoms with van der Waals surface area (Å²) in [6.45, 7) is 3.54. The lowest BCUT2D eigenvalue weighted by Gasteiger charge is -2.27. The molecule has 0 amide bonds. The summed E-state index contributed by atoms with van der Waals surface area (Å²) in [6.07, 6.45) is -2.47. The van der Waals surface area contributed by atoms with Crippen LogP contribution in [0.1, 0.15) is 19.8 Å². The molecule has 3 rings (SSSR count). The number of ether oxygens (including phenoxy) is 1. The molecule has 2 aromatic rings. The minimum atomic E-state index is -4.68. The molecule has 0 aromatic heterocycles. The molecule has 1 heterocycles. The van der Waals surface area contributed by atoms with Crippen molar-refractivity contribution in [1.82, 2.24) is 0 Å². The molecule has 0 spiro atoms. The molecule has 1 aliphatic heterocycles. The Morgan fingerprint density at radius 2 is 1.50 bits per heavy atom. The lowest BCUT2D eigenvalue weighted by Crippen LogP contribution is -2.44. The van der Waals surface area contributed by atoms with Crippen LogP contribution in [0.3, 0.4) is 0 Å². The number of alkyl halides is 3. The van der Waals surface area contributed by atoms with Crippen LogP contribution in [-0.2, 0) is 9.31 Å². The first kappa shape index (κ1) is 18.8. The van der Waals surface area contributed by atoms with Crippen LogP contribution in [0.5, 0.6) is 5.75 Å². The van der Waals surface area contributed by atoms with E-state index in [2.05, 4.69) is 11.7 Å². The van der Waals surface area contributed by atoms with Gasteiger partial charge in [0.15, 0.2) is 0 Å². The van der Waals surface area contributed by atoms with Gasteiger partial charge in [-0.25, -0.2) is 0 Å². The summed E-state index contributed by atoms with van der Waals surface area (Å²) >= 11 is 0. The zero-order valence-corrected chi connectivity index (χ0v) is 14.5. The second-order valence-corrected chi connectivity index (χ2v) is 6.35. The molecule has 0 radical (unpaired) electrons. The fourth-order valence-corrected chi connectivity index (χ4v) is 2.99. The van der Waals surface area contributed by atoms with Crippen LogP contribution < -0.4 is 10.2 Å². The van der Waals surface area contributed by atoms with Gasteiger partial charge in [0.25, 0.3) is 0 Å². The minimum Gasteiger partial charge on any atom is -0.407 e. The van der Waals surface area contributed by atoms with Gasteiger partial charge in [-0.15, -0.1) is 13.2 Å². The van der Waals surface area contributed by atoms with Gasteiger partial charge in [0, 0.05) is 19.1 Å². The summed E-state index contributed by atoms with van der Waals surface area (Å²) in [5.41, 5.74) is 2.63. The third-order valence-corrected chi connectivity index (χ3v) is 4.27. The molecule has 1 aliphatic rings. The molecule has 2 aromatic carbocycles. The fourth-order valence-electron chi connectivity index (χ4n) is 2.99. The standard InChI is InChI=1S/C19H20BF3O3/c1-2-3-14-12-24-20(25-13-14)17-8-4-15(5-9-17)16-6-10-18(11-7-16)26-19(21,22)23/h4-11,14H,2-3,12-13H2,1H3. The molecule has 0 bridgehead atoms. The monoisotopic (exact) mass is 364 g/mol. The van der Waals surface area contributed by atoms with Crippen LogP contribution in [0, 0.1) is 5.92 Å². The van der Waals surface area contributed by atoms with Crippen LogP contribution in [-0.4, -0.2) is 26.7 Å². The predicted molar refractivity (Wildman–Crippen MR) is 94.3 cm³/mol. The van der Waals surface area contributed by atoms with Gasteiger partial charge >= 0.3 is 13.5 Å². The maximum absolute atomic E-state index is 12.2. The lowest BCUT2D eigenvalue weighted by atomic mass is 9.76. The van der Waals surface area contributed by atoms with Crippen molar-refractivity contribution in [3.8, 4) is 16.9 Å². The Bertz CT molecular complexity index is 693. The second-order valence-electron chi connectivity index (χ2n) is 6.35. The summed E-state index contributed by atoms with van der Waals surface area (Å²) in [5, 5.41) is 0. The topological polar surface area (TPSA) is 27.7 Å². The maximum Gasteiger partial charge on any atom is 0.573 e. The van der Waals surface area contributed by atoms with Gasteiger partial charge in [-0.3, -0.25) is 0 Å². The van der Waals surface area contributed by atoms with E-state index in [-0.39, 0.29) is 12.9 Å². The van der Waals surface area contributed by atoms with E-state index in [4.69, 9.17) is 9.31 Å². The van der Waals surface area contributed by atoms with Gasteiger partial charge in [0.05, 0.1) is 0 Å². The molecule has 138 valence electrons. The minimum absolute atomic E-state index is 0.233. The zero-order valence-electron chi connectivity index (χ0n) is 14.5. The molecule has 1 fully saturated rings. The molecule has 26 heavy (non-hydrogen) atoms. The van der Waals surface area contributed by atoms with E-state index in [0.29, 0.717) is 19.1 Å². The Balaban J connectivity index is 1.63. The number of halogens is 3. The van der Waals surface area contributed by atoms with E-state index in [1.54, 1.807) is 12.1 Å². The number of hydrogen-bond donors (Lipinski definition) is 0. The largest absolute Gasteiger partial charge is 0.573 e. The van der Waals surface area contributed by atoms with Crippen molar-refractivity contribution in [2.45, 2.75) is 26.1 Å². The second kappa shape index (κ2) is 8.14. The Morgan fingerprint density at radius 1 is 0.962 bits per heavy atom. The fraction of sp³-hybridized carbons (Fsp3) is 0.368. The van der Waals surface area contributed by atoms with E-state index >= 15 is 0 Å². The normalized spacial score (nSPS) is 15.9. The SMILES string of the molecule is CCCC1COB(c2ccc(-c3ccc(OC(F)(F)F)cc3)cc2)OC1. The predicted octanol–water partition coefficient (Wildman–Crippen LogP) is 4.41. The average Bonchev–Trinajstić information content (AvgIpc) is 2.62. The molecule has 1 saturated heterocycles. The molecule has 3 nitrogen and oxygen atoms in total. The smallest absolute Gasteiger partial charge is 0.407 e. The van der Waals surface area contributed by atoms with Crippen molar-refractivity contribution in [2.24, 2.45) is 5.92 Å². The van der Waals surface area contributed by atoms with Gasteiger partial charge in [0.2, 0.25) is 0 Å². The highest BCUT2D eigenvalue weighted by Gasteiger charge is 2.31. The van der Waals surface area contributed by atoms with Crippen molar-refractivity contribution >= 4 is 12.6 Å². The zero-order chi connectivity index (χ0) is 18.6. The van der Waals surface area contributed by atoms with Gasteiger partial charge in [0.1, 0.15) is 5.75 Å². The van der Waals surface area contributed by atoms with Gasteiger partial charge in [-0.1, -0.05) is 49.7 Å². The number of hydrogen-bond acceptors (Lipinski definition) is 3. The van der Waals surface area contributed by atoms with E-state index in [9.17, 15) is 13.2 Å². The summed E-state index contributed by atoms with van der Waals surface area (Å²) in [5.74, 6) is 0.219. The van der Waals surface area contributed by atoms with Crippen LogP contribution in [0.15, 0.2) is 48.5 Å². The number of benzene rings is 2. The highest BCUT2D eigenvalue weighted by atomic mass is 19.4. The lowest BCUT2D eigenvalue weighted by molar-refractivity contribution is -0.274. The quantitative estimate of drug-likeness (QED) is 0.736. The van der Waals surface area contributed by atoms with Gasteiger partial charge in [-0.2, -0.15) is 0 Å². The van der Waals surface area contributed by atoms with Crippen LogP contribution in [0.2, 0.25) is 0 Å². The Morgan fingerprint density at radius 3 is 2.00 bits per heavy atom. The Hall–Kier alpha value is -1.99. The highest BCUT2D eigenvalue weighted by Crippen LogP contribution is 2.26. The molecule has 0 saturated carbocycles. The van der Waals surface area contributed by atoms with Gasteiger partial charge < -0.3 is 14.0 Å². The summed E-state index contributed by atoms with van der Waals surface area (Å²) < 4.78 is 52.1. The average molecular weight is 364 g/mol. The maximum atomic E-state index is 12.2. The van der Waals surface area contributed by atoms with Crippen molar-refractivity contribution < 1.29 is 27.2 Å². The molecular formula is C19H20BF3O3. The third kappa shape index (κ3) is 5.02. The van der Waals surface area contributed by atoms with Crippen LogP contribution in [0.4, 0.5) is 13.2 Å². The van der Waals surface area contributed by atoms with E-state index in [1.807, 2.05) is 24.3 Å². The first-order valence-corrected chi connectivity index (χ1v) is 8.64. The van der Waals surface area contributed by atoms with Crippen molar-refractivity contribution in [1.29, 1.82) is 0 Å². The van der Waals surface area contributed by atoms with Gasteiger partial charge in [-0.05, 0) is 35.1 Å². The summed E-state index contributed by atoms with van der Waals surface area (Å²) in [4.78, 5) is 0. The Labute approximate surface area is 151 Å². The summed E-state index contributed by atoms with van der Waals surface area (Å²) in [6, 6.07) is 13.4. The van der Waals surface area contributed by atoms with E-state index in [0.717, 1.165) is 29.4 Å². The molecule has 0 unspecified atom stereocenters. The number of rotatable bonds is 5. The van der Waals surface area contributed by atoms with Crippen LogP contribution in [0.25, 0.3) is 11.1 Å². The first-order chi connectivity index (χ1) is 12.4. The third-order valence-electron chi connectivity index (χ3n) is 4.27. The van der Waals surface area contributed by atoms with E-state index in [1.165, 1.54) is 12.1 Å². The molecule has 0 N–H and O–H groups in total.